The maximum absolute atomic E-state index is 13.7. The fraction of sp³-hybridized carbons (Fsp3) is 0.562. The number of nitrogens with zero attached hydrogens (tertiary/aromatic N) is 1. The third-order valence-corrected chi connectivity index (χ3v) is 3.47. The van der Waals surface area contributed by atoms with E-state index in [0.717, 1.165) is 6.42 Å². The van der Waals surface area contributed by atoms with Crippen LogP contribution in [0.15, 0.2) is 18.2 Å². The van der Waals surface area contributed by atoms with Crippen LogP contribution in [0.5, 0.6) is 0 Å². The molecule has 0 N–H and O–H groups in total. The van der Waals surface area contributed by atoms with Crippen molar-refractivity contribution in [3.8, 4) is 0 Å². The molecule has 1 aliphatic heterocycles. The summed E-state index contributed by atoms with van der Waals surface area (Å²) < 4.78 is 32.8. The fourth-order valence-electron chi connectivity index (χ4n) is 2.54. The van der Waals surface area contributed by atoms with E-state index in [-0.39, 0.29) is 18.1 Å². The van der Waals surface area contributed by atoms with E-state index in [1.54, 1.807) is 25.7 Å². The fourth-order valence-corrected chi connectivity index (χ4v) is 2.54. The van der Waals surface area contributed by atoms with E-state index in [9.17, 15) is 13.6 Å². The SMILES string of the molecule is CC(C)(C)OC(=O)[C@@H]1CCCN1Cc1c(F)cccc1F. The zero-order valence-electron chi connectivity index (χ0n) is 12.7. The van der Waals surface area contributed by atoms with Gasteiger partial charge >= 0.3 is 5.97 Å². The van der Waals surface area contributed by atoms with Crippen LogP contribution in [-0.4, -0.2) is 29.1 Å². The van der Waals surface area contributed by atoms with E-state index in [4.69, 9.17) is 4.74 Å². The number of likely N-dealkylation sites (tertiary alicyclic amines) is 1. The Morgan fingerprint density at radius 3 is 2.52 bits per heavy atom. The van der Waals surface area contributed by atoms with Gasteiger partial charge in [0, 0.05) is 12.1 Å². The van der Waals surface area contributed by atoms with Crippen LogP contribution < -0.4 is 0 Å². The van der Waals surface area contributed by atoms with Crippen LogP contribution in [0.1, 0.15) is 39.2 Å². The molecule has 0 spiro atoms. The van der Waals surface area contributed by atoms with Crippen molar-refractivity contribution in [3.63, 3.8) is 0 Å². The van der Waals surface area contributed by atoms with Crippen LogP contribution in [0.25, 0.3) is 0 Å². The minimum atomic E-state index is -0.579. The summed E-state index contributed by atoms with van der Waals surface area (Å²) in [5.74, 6) is -1.48. The largest absolute Gasteiger partial charge is 0.459 e. The molecule has 0 unspecified atom stereocenters. The second-order valence-corrected chi connectivity index (χ2v) is 6.36. The van der Waals surface area contributed by atoms with Gasteiger partial charge in [-0.25, -0.2) is 8.78 Å². The first-order valence-corrected chi connectivity index (χ1v) is 7.18. The van der Waals surface area contributed by atoms with Gasteiger partial charge in [0.15, 0.2) is 0 Å². The van der Waals surface area contributed by atoms with Crippen LogP contribution in [0.4, 0.5) is 8.78 Å². The predicted molar refractivity (Wildman–Crippen MR) is 75.6 cm³/mol. The van der Waals surface area contributed by atoms with Gasteiger partial charge in [0.05, 0.1) is 0 Å². The van der Waals surface area contributed by atoms with Gasteiger partial charge in [0.1, 0.15) is 23.3 Å². The summed E-state index contributed by atoms with van der Waals surface area (Å²) in [6.45, 7) is 6.14. The molecule has 0 radical (unpaired) electrons. The van der Waals surface area contributed by atoms with E-state index >= 15 is 0 Å². The van der Waals surface area contributed by atoms with Crippen molar-refractivity contribution in [2.45, 2.75) is 51.8 Å². The molecule has 116 valence electrons. The maximum Gasteiger partial charge on any atom is 0.323 e. The lowest BCUT2D eigenvalue weighted by Crippen LogP contribution is -2.40. The molecule has 3 nitrogen and oxygen atoms in total. The topological polar surface area (TPSA) is 29.5 Å². The van der Waals surface area contributed by atoms with Crippen LogP contribution in [-0.2, 0) is 16.1 Å². The molecule has 0 bridgehead atoms. The third kappa shape index (κ3) is 4.00. The number of rotatable bonds is 3. The Kier molecular flexibility index (Phi) is 4.61. The summed E-state index contributed by atoms with van der Waals surface area (Å²) in [6, 6.07) is 3.38. The lowest BCUT2D eigenvalue weighted by atomic mass is 10.1. The molecule has 0 saturated carbocycles. The molecule has 1 fully saturated rings. The molecule has 1 aromatic rings. The van der Waals surface area contributed by atoms with Gasteiger partial charge in [-0.15, -0.1) is 0 Å². The molecule has 2 rings (SSSR count). The quantitative estimate of drug-likeness (QED) is 0.802. The highest BCUT2D eigenvalue weighted by molar-refractivity contribution is 5.76. The summed E-state index contributed by atoms with van der Waals surface area (Å²) in [5.41, 5.74) is -0.554. The number of carbonyl (C=O) groups excluding carboxylic acids is 1. The van der Waals surface area contributed by atoms with Crippen molar-refractivity contribution in [3.05, 3.63) is 35.4 Å². The van der Waals surface area contributed by atoms with Gasteiger partial charge in [-0.1, -0.05) is 6.07 Å². The van der Waals surface area contributed by atoms with Crippen molar-refractivity contribution in [1.82, 2.24) is 4.90 Å². The first-order valence-electron chi connectivity index (χ1n) is 7.18. The van der Waals surface area contributed by atoms with Crippen molar-refractivity contribution >= 4 is 5.97 Å². The maximum atomic E-state index is 13.7. The zero-order valence-corrected chi connectivity index (χ0v) is 12.7. The number of ether oxygens (including phenoxy) is 1. The molecule has 1 aromatic carbocycles. The van der Waals surface area contributed by atoms with Crippen LogP contribution >= 0.6 is 0 Å². The highest BCUT2D eigenvalue weighted by Gasteiger charge is 2.34. The molecule has 1 atom stereocenters. The minimum absolute atomic E-state index is 0.00737. The molecule has 0 aliphatic carbocycles. The van der Waals surface area contributed by atoms with Crippen LogP contribution in [0.2, 0.25) is 0 Å². The second-order valence-electron chi connectivity index (χ2n) is 6.36. The summed E-state index contributed by atoms with van der Waals surface area (Å²) in [5, 5.41) is 0. The Morgan fingerprint density at radius 2 is 1.95 bits per heavy atom. The number of benzene rings is 1. The number of halogens is 2. The number of esters is 1. The van der Waals surface area contributed by atoms with Gasteiger partial charge < -0.3 is 4.74 Å². The normalized spacial score (nSPS) is 19.8. The van der Waals surface area contributed by atoms with E-state index in [1.807, 2.05) is 0 Å². The van der Waals surface area contributed by atoms with Gasteiger partial charge in [-0.2, -0.15) is 0 Å². The monoisotopic (exact) mass is 297 g/mol. The van der Waals surface area contributed by atoms with Crippen molar-refractivity contribution in [2.24, 2.45) is 0 Å². The summed E-state index contributed by atoms with van der Waals surface area (Å²) in [7, 11) is 0. The average Bonchev–Trinajstić information content (AvgIpc) is 2.80. The molecular formula is C16H21F2NO2. The highest BCUT2D eigenvalue weighted by Crippen LogP contribution is 2.25. The summed E-state index contributed by atoms with van der Waals surface area (Å²) >= 11 is 0. The Balaban J connectivity index is 2.11. The molecule has 1 heterocycles. The van der Waals surface area contributed by atoms with Crippen molar-refractivity contribution in [2.75, 3.05) is 6.54 Å². The van der Waals surface area contributed by atoms with E-state index in [0.29, 0.717) is 13.0 Å². The molecule has 1 saturated heterocycles. The number of hydrogen-bond donors (Lipinski definition) is 0. The molecule has 5 heteroatoms. The minimum Gasteiger partial charge on any atom is -0.459 e. The second kappa shape index (κ2) is 6.10. The predicted octanol–water partition coefficient (Wildman–Crippen LogP) is 3.27. The van der Waals surface area contributed by atoms with Crippen molar-refractivity contribution < 1.29 is 18.3 Å². The molecule has 0 aromatic heterocycles. The highest BCUT2D eigenvalue weighted by atomic mass is 19.1. The third-order valence-electron chi connectivity index (χ3n) is 3.47. The summed E-state index contributed by atoms with van der Waals surface area (Å²) in [4.78, 5) is 14.0. The van der Waals surface area contributed by atoms with E-state index < -0.39 is 23.3 Å². The van der Waals surface area contributed by atoms with E-state index in [2.05, 4.69) is 0 Å². The number of hydrogen-bond acceptors (Lipinski definition) is 3. The van der Waals surface area contributed by atoms with Crippen LogP contribution in [0, 0.1) is 11.6 Å². The van der Waals surface area contributed by atoms with Gasteiger partial charge in [-0.3, -0.25) is 9.69 Å². The Hall–Kier alpha value is -1.49. The van der Waals surface area contributed by atoms with Crippen LogP contribution in [0.3, 0.4) is 0 Å². The lowest BCUT2D eigenvalue weighted by Gasteiger charge is -2.27. The molecule has 0 amide bonds. The standard InChI is InChI=1S/C16H21F2NO2/c1-16(2,3)21-15(20)14-8-5-9-19(14)10-11-12(17)6-4-7-13(11)18/h4,6-7,14H,5,8-10H2,1-3H3/t14-/m0/s1. The van der Waals surface area contributed by atoms with Gasteiger partial charge in [0.25, 0.3) is 0 Å². The smallest absolute Gasteiger partial charge is 0.323 e. The van der Waals surface area contributed by atoms with Crippen molar-refractivity contribution in [1.29, 1.82) is 0 Å². The molecular weight excluding hydrogens is 276 g/mol. The first kappa shape index (κ1) is 15.9. The van der Waals surface area contributed by atoms with Gasteiger partial charge in [0.2, 0.25) is 0 Å². The summed E-state index contributed by atoms with van der Waals surface area (Å²) in [6.07, 6.45) is 1.48. The van der Waals surface area contributed by atoms with Gasteiger partial charge in [-0.05, 0) is 52.3 Å². The van der Waals surface area contributed by atoms with E-state index in [1.165, 1.54) is 18.2 Å². The molecule has 21 heavy (non-hydrogen) atoms. The number of carbonyl (C=O) groups is 1. The molecule has 1 aliphatic rings. The average molecular weight is 297 g/mol. The Morgan fingerprint density at radius 1 is 1.33 bits per heavy atom. The lowest BCUT2D eigenvalue weighted by molar-refractivity contribution is -0.160. The first-order chi connectivity index (χ1) is 9.78. The Bertz CT molecular complexity index is 505. The zero-order chi connectivity index (χ0) is 15.6. The Labute approximate surface area is 123 Å².